The molecule has 30 heavy (non-hydrogen) atoms. The molecule has 0 spiro atoms. The number of hydrogen-bond donors (Lipinski definition) is 4. The first-order valence-electron chi connectivity index (χ1n) is 9.79. The molecule has 2 rings (SSSR count). The van der Waals surface area contributed by atoms with Crippen molar-refractivity contribution in [1.82, 2.24) is 16.2 Å². The maximum atomic E-state index is 12.5. The molecule has 0 saturated carbocycles. The Balaban J connectivity index is 1.80. The Kier molecular flexibility index (Phi) is 10.2. The smallest absolute Gasteiger partial charge is 0.220 e. The van der Waals surface area contributed by atoms with Gasteiger partial charge in [-0.05, 0) is 37.0 Å². The third-order valence-electron chi connectivity index (χ3n) is 4.35. The van der Waals surface area contributed by atoms with E-state index >= 15 is 0 Å². The van der Waals surface area contributed by atoms with Crippen molar-refractivity contribution >= 4 is 34.7 Å². The van der Waals surface area contributed by atoms with Gasteiger partial charge in [-0.25, -0.2) is 5.84 Å². The molecule has 0 aliphatic carbocycles. The minimum absolute atomic E-state index is 0.0215. The van der Waals surface area contributed by atoms with Crippen molar-refractivity contribution in [3.8, 4) is 0 Å². The SMILES string of the molecule is NNC(=S)N/N=C(/CCCC(=O)NCCc1ccccc1)CC(=O)c1ccccc1. The monoisotopic (exact) mass is 425 g/mol. The van der Waals surface area contributed by atoms with E-state index in [-0.39, 0.29) is 23.2 Å². The van der Waals surface area contributed by atoms with E-state index in [1.54, 1.807) is 12.1 Å². The number of nitrogens with one attached hydrogen (secondary N) is 3. The second-order valence-electron chi connectivity index (χ2n) is 6.67. The van der Waals surface area contributed by atoms with E-state index in [0.717, 1.165) is 6.42 Å². The summed E-state index contributed by atoms with van der Waals surface area (Å²) < 4.78 is 0. The van der Waals surface area contributed by atoms with Crippen LogP contribution in [0.3, 0.4) is 0 Å². The number of nitrogens with two attached hydrogens (primary N) is 1. The molecule has 0 aromatic heterocycles. The number of benzene rings is 2. The Morgan fingerprint density at radius 2 is 1.63 bits per heavy atom. The second-order valence-corrected chi connectivity index (χ2v) is 7.08. The van der Waals surface area contributed by atoms with Crippen LogP contribution in [0, 0.1) is 0 Å². The largest absolute Gasteiger partial charge is 0.356 e. The van der Waals surface area contributed by atoms with E-state index in [2.05, 4.69) is 21.3 Å². The number of thiocarbonyl (C=S) groups is 1. The first-order chi connectivity index (χ1) is 14.6. The van der Waals surface area contributed by atoms with Crippen LogP contribution in [0.4, 0.5) is 0 Å². The molecule has 7 nitrogen and oxygen atoms in total. The number of nitrogens with zero attached hydrogens (tertiary/aromatic N) is 1. The topological polar surface area (TPSA) is 109 Å². The van der Waals surface area contributed by atoms with Crippen LogP contribution in [0.1, 0.15) is 41.6 Å². The number of rotatable bonds is 11. The van der Waals surface area contributed by atoms with Gasteiger partial charge in [0.25, 0.3) is 0 Å². The van der Waals surface area contributed by atoms with E-state index in [1.807, 2.05) is 48.5 Å². The van der Waals surface area contributed by atoms with Crippen molar-refractivity contribution in [3.05, 3.63) is 71.8 Å². The van der Waals surface area contributed by atoms with Crippen LogP contribution in [0.15, 0.2) is 65.8 Å². The molecule has 0 aliphatic heterocycles. The van der Waals surface area contributed by atoms with Gasteiger partial charge in [0.15, 0.2) is 5.78 Å². The number of ketones is 1. The maximum Gasteiger partial charge on any atom is 0.220 e. The molecule has 2 aromatic carbocycles. The number of hydrazone groups is 1. The highest BCUT2D eigenvalue weighted by Gasteiger charge is 2.11. The average molecular weight is 426 g/mol. The van der Waals surface area contributed by atoms with E-state index in [0.29, 0.717) is 37.1 Å². The van der Waals surface area contributed by atoms with Crippen molar-refractivity contribution in [3.63, 3.8) is 0 Å². The fourth-order valence-corrected chi connectivity index (χ4v) is 2.84. The van der Waals surface area contributed by atoms with Gasteiger partial charge in [0.2, 0.25) is 11.0 Å². The summed E-state index contributed by atoms with van der Waals surface area (Å²) in [6.07, 6.45) is 2.35. The molecule has 8 heteroatoms. The molecule has 0 heterocycles. The summed E-state index contributed by atoms with van der Waals surface area (Å²) in [6, 6.07) is 19.0. The van der Waals surface area contributed by atoms with Crippen molar-refractivity contribution in [1.29, 1.82) is 0 Å². The van der Waals surface area contributed by atoms with E-state index in [1.165, 1.54) is 5.56 Å². The molecular weight excluding hydrogens is 398 g/mol. The molecule has 0 bridgehead atoms. The van der Waals surface area contributed by atoms with Crippen LogP contribution in [0.5, 0.6) is 0 Å². The molecule has 0 aliphatic rings. The number of hydrogen-bond acceptors (Lipinski definition) is 5. The average Bonchev–Trinajstić information content (AvgIpc) is 2.78. The molecule has 0 fully saturated rings. The molecule has 0 unspecified atom stereocenters. The number of carbonyl (C=O) groups is 2. The summed E-state index contributed by atoms with van der Waals surface area (Å²) in [7, 11) is 0. The highest BCUT2D eigenvalue weighted by atomic mass is 32.1. The van der Waals surface area contributed by atoms with Gasteiger partial charge in [-0.3, -0.25) is 20.4 Å². The lowest BCUT2D eigenvalue weighted by Gasteiger charge is -2.09. The maximum absolute atomic E-state index is 12.5. The van der Waals surface area contributed by atoms with Gasteiger partial charge in [0, 0.05) is 24.2 Å². The quantitative estimate of drug-likeness (QED) is 0.145. The molecule has 1 amide bonds. The van der Waals surface area contributed by atoms with Gasteiger partial charge >= 0.3 is 0 Å². The number of amides is 1. The van der Waals surface area contributed by atoms with Crippen LogP contribution >= 0.6 is 12.2 Å². The van der Waals surface area contributed by atoms with E-state index in [9.17, 15) is 9.59 Å². The highest BCUT2D eigenvalue weighted by Crippen LogP contribution is 2.08. The predicted molar refractivity (Wildman–Crippen MR) is 123 cm³/mol. The third-order valence-corrected chi connectivity index (χ3v) is 4.56. The predicted octanol–water partition coefficient (Wildman–Crippen LogP) is 2.48. The van der Waals surface area contributed by atoms with Crippen molar-refractivity contribution in [2.24, 2.45) is 10.9 Å². The molecule has 0 atom stereocenters. The third kappa shape index (κ3) is 8.93. The molecule has 2 aromatic rings. The van der Waals surface area contributed by atoms with Gasteiger partial charge in [-0.15, -0.1) is 0 Å². The molecule has 0 saturated heterocycles. The molecular formula is C22H27N5O2S. The van der Waals surface area contributed by atoms with E-state index in [4.69, 9.17) is 18.1 Å². The Morgan fingerprint density at radius 1 is 0.967 bits per heavy atom. The number of hydrazine groups is 1. The Hall–Kier alpha value is -3.10. The number of carbonyl (C=O) groups excluding carboxylic acids is 2. The Bertz CT molecular complexity index is 856. The zero-order chi connectivity index (χ0) is 21.6. The van der Waals surface area contributed by atoms with E-state index < -0.39 is 0 Å². The van der Waals surface area contributed by atoms with Gasteiger partial charge < -0.3 is 5.32 Å². The van der Waals surface area contributed by atoms with Crippen molar-refractivity contribution < 1.29 is 9.59 Å². The molecule has 0 radical (unpaired) electrons. The zero-order valence-corrected chi connectivity index (χ0v) is 17.6. The lowest BCUT2D eigenvalue weighted by Crippen LogP contribution is -2.37. The Morgan fingerprint density at radius 3 is 2.30 bits per heavy atom. The second kappa shape index (κ2) is 13.2. The molecule has 158 valence electrons. The lowest BCUT2D eigenvalue weighted by molar-refractivity contribution is -0.121. The fraction of sp³-hybridized carbons (Fsp3) is 0.273. The zero-order valence-electron chi connectivity index (χ0n) is 16.8. The summed E-state index contributed by atoms with van der Waals surface area (Å²) in [4.78, 5) is 24.6. The summed E-state index contributed by atoms with van der Waals surface area (Å²) in [6.45, 7) is 0.592. The highest BCUT2D eigenvalue weighted by molar-refractivity contribution is 7.80. The van der Waals surface area contributed by atoms with Crippen LogP contribution in [0.2, 0.25) is 0 Å². The first kappa shape index (κ1) is 23.2. The molecule has 5 N–H and O–H groups in total. The summed E-state index contributed by atoms with van der Waals surface area (Å²) in [5, 5.41) is 7.26. The summed E-state index contributed by atoms with van der Waals surface area (Å²) >= 11 is 4.92. The standard InChI is InChI=1S/C22H27N5O2S/c23-25-22(30)27-26-19(16-20(28)18-10-5-2-6-11-18)12-7-13-21(29)24-15-14-17-8-3-1-4-9-17/h1-6,8-11H,7,12-16,23H2,(H,24,29)(H2,25,27,30)/b26-19-. The minimum Gasteiger partial charge on any atom is -0.356 e. The van der Waals surface area contributed by atoms with Gasteiger partial charge in [0.05, 0.1) is 6.42 Å². The minimum atomic E-state index is -0.0462. The van der Waals surface area contributed by atoms with Gasteiger partial charge in [0.1, 0.15) is 0 Å². The van der Waals surface area contributed by atoms with Crippen molar-refractivity contribution in [2.45, 2.75) is 32.1 Å². The van der Waals surface area contributed by atoms with Crippen LogP contribution in [-0.4, -0.2) is 29.1 Å². The fourth-order valence-electron chi connectivity index (χ4n) is 2.79. The lowest BCUT2D eigenvalue weighted by atomic mass is 10.0. The van der Waals surface area contributed by atoms with Crippen LogP contribution in [0.25, 0.3) is 0 Å². The Labute approximate surface area is 182 Å². The summed E-state index contributed by atoms with van der Waals surface area (Å²) in [5.41, 5.74) is 7.30. The van der Waals surface area contributed by atoms with Crippen LogP contribution < -0.4 is 22.0 Å². The van der Waals surface area contributed by atoms with Crippen molar-refractivity contribution in [2.75, 3.05) is 6.54 Å². The van der Waals surface area contributed by atoms with Crippen LogP contribution in [-0.2, 0) is 11.2 Å². The van der Waals surface area contributed by atoms with Gasteiger partial charge in [-0.1, -0.05) is 60.7 Å². The van der Waals surface area contributed by atoms with Gasteiger partial charge in [-0.2, -0.15) is 5.10 Å². The number of Topliss-reactive ketones (excluding diaryl/α,β-unsaturated/α-hetero) is 1. The normalized spacial score (nSPS) is 10.9. The summed E-state index contributed by atoms with van der Waals surface area (Å²) in [5.74, 6) is 5.17. The first-order valence-corrected chi connectivity index (χ1v) is 10.2.